The summed E-state index contributed by atoms with van der Waals surface area (Å²) >= 11 is 5.43. The van der Waals surface area contributed by atoms with Crippen LogP contribution in [0.1, 0.15) is 34.5 Å². The average molecular weight is 338 g/mol. The summed E-state index contributed by atoms with van der Waals surface area (Å²) < 4.78 is 6.68. The highest BCUT2D eigenvalue weighted by molar-refractivity contribution is 9.10. The Morgan fingerprint density at radius 1 is 1.32 bits per heavy atom. The van der Waals surface area contributed by atoms with E-state index in [0.717, 1.165) is 19.8 Å². The lowest BCUT2D eigenvalue weighted by molar-refractivity contribution is 0.134. The zero-order chi connectivity index (χ0) is 13.2. The molecule has 1 atom stereocenters. The Morgan fingerprint density at radius 2 is 2.16 bits per heavy atom. The SMILES string of the molecule is CCNC(c1ccc2c(c1)COC2)c1sccc1Br. The van der Waals surface area contributed by atoms with Crippen molar-refractivity contribution in [3.05, 3.63) is 55.7 Å². The molecular weight excluding hydrogens is 322 g/mol. The molecule has 4 heteroatoms. The predicted octanol–water partition coefficient (Wildman–Crippen LogP) is 4.24. The fourth-order valence-corrected chi connectivity index (χ4v) is 4.15. The first-order valence-electron chi connectivity index (χ1n) is 6.45. The Labute approximate surface area is 125 Å². The van der Waals surface area contributed by atoms with E-state index in [0.29, 0.717) is 0 Å². The monoisotopic (exact) mass is 337 g/mol. The molecule has 0 spiro atoms. The molecular formula is C15H16BrNOS. The van der Waals surface area contributed by atoms with Gasteiger partial charge in [-0.05, 0) is 50.6 Å². The van der Waals surface area contributed by atoms with Gasteiger partial charge in [-0.2, -0.15) is 0 Å². The highest BCUT2D eigenvalue weighted by Gasteiger charge is 2.19. The predicted molar refractivity (Wildman–Crippen MR) is 82.5 cm³/mol. The van der Waals surface area contributed by atoms with E-state index in [4.69, 9.17) is 4.74 Å². The molecule has 1 N–H and O–H groups in total. The first-order valence-corrected chi connectivity index (χ1v) is 8.12. The van der Waals surface area contributed by atoms with Crippen LogP contribution in [0.3, 0.4) is 0 Å². The molecule has 0 radical (unpaired) electrons. The summed E-state index contributed by atoms with van der Waals surface area (Å²) in [6, 6.07) is 9.06. The van der Waals surface area contributed by atoms with Crippen LogP contribution in [-0.2, 0) is 18.0 Å². The Kier molecular flexibility index (Phi) is 4.03. The van der Waals surface area contributed by atoms with Crippen molar-refractivity contribution in [3.63, 3.8) is 0 Å². The molecule has 0 saturated heterocycles. The molecule has 1 aliphatic rings. The van der Waals surface area contributed by atoms with Crippen molar-refractivity contribution in [1.82, 2.24) is 5.32 Å². The van der Waals surface area contributed by atoms with E-state index in [1.807, 2.05) is 0 Å². The first kappa shape index (κ1) is 13.3. The van der Waals surface area contributed by atoms with Crippen LogP contribution in [0.5, 0.6) is 0 Å². The molecule has 0 bridgehead atoms. The van der Waals surface area contributed by atoms with Gasteiger partial charge in [0.25, 0.3) is 0 Å². The van der Waals surface area contributed by atoms with E-state index in [-0.39, 0.29) is 6.04 Å². The van der Waals surface area contributed by atoms with Crippen LogP contribution in [0, 0.1) is 0 Å². The second kappa shape index (κ2) is 5.75. The Bertz CT molecular complexity index is 581. The number of rotatable bonds is 4. The Balaban J connectivity index is 1.98. The van der Waals surface area contributed by atoms with E-state index < -0.39 is 0 Å². The second-order valence-electron chi connectivity index (χ2n) is 4.64. The van der Waals surface area contributed by atoms with E-state index in [9.17, 15) is 0 Å². The molecule has 2 heterocycles. The van der Waals surface area contributed by atoms with Crippen LogP contribution in [0.15, 0.2) is 34.1 Å². The van der Waals surface area contributed by atoms with Gasteiger partial charge in [0.2, 0.25) is 0 Å². The minimum absolute atomic E-state index is 0.255. The molecule has 2 aromatic rings. The van der Waals surface area contributed by atoms with Crippen molar-refractivity contribution in [2.45, 2.75) is 26.2 Å². The topological polar surface area (TPSA) is 21.3 Å². The summed E-state index contributed by atoms with van der Waals surface area (Å²) in [5.74, 6) is 0. The fraction of sp³-hybridized carbons (Fsp3) is 0.333. The van der Waals surface area contributed by atoms with Gasteiger partial charge in [0.05, 0.1) is 19.3 Å². The van der Waals surface area contributed by atoms with Crippen molar-refractivity contribution in [1.29, 1.82) is 0 Å². The van der Waals surface area contributed by atoms with Gasteiger partial charge in [-0.25, -0.2) is 0 Å². The summed E-state index contributed by atoms with van der Waals surface area (Å²) in [6.45, 7) is 4.59. The van der Waals surface area contributed by atoms with Crippen LogP contribution < -0.4 is 5.32 Å². The largest absolute Gasteiger partial charge is 0.372 e. The summed E-state index contributed by atoms with van der Waals surface area (Å²) in [5.41, 5.74) is 3.96. The smallest absolute Gasteiger partial charge is 0.0725 e. The van der Waals surface area contributed by atoms with Gasteiger partial charge in [0.1, 0.15) is 0 Å². The van der Waals surface area contributed by atoms with E-state index >= 15 is 0 Å². The van der Waals surface area contributed by atoms with Gasteiger partial charge < -0.3 is 10.1 Å². The summed E-state index contributed by atoms with van der Waals surface area (Å²) in [6.07, 6.45) is 0. The number of nitrogens with one attached hydrogen (secondary N) is 1. The average Bonchev–Trinajstić information content (AvgIpc) is 3.03. The van der Waals surface area contributed by atoms with Gasteiger partial charge in [0.15, 0.2) is 0 Å². The normalized spacial score (nSPS) is 15.5. The molecule has 100 valence electrons. The van der Waals surface area contributed by atoms with Crippen molar-refractivity contribution >= 4 is 27.3 Å². The summed E-state index contributed by atoms with van der Waals surface area (Å²) in [7, 11) is 0. The maximum absolute atomic E-state index is 5.50. The Morgan fingerprint density at radius 3 is 2.89 bits per heavy atom. The molecule has 2 nitrogen and oxygen atoms in total. The molecule has 1 aromatic carbocycles. The van der Waals surface area contributed by atoms with Crippen LogP contribution in [0.4, 0.5) is 0 Å². The zero-order valence-electron chi connectivity index (χ0n) is 10.8. The van der Waals surface area contributed by atoms with E-state index in [2.05, 4.69) is 57.8 Å². The molecule has 19 heavy (non-hydrogen) atoms. The molecule has 1 unspecified atom stereocenters. The van der Waals surface area contributed by atoms with Crippen LogP contribution in [0.2, 0.25) is 0 Å². The maximum atomic E-state index is 5.50. The van der Waals surface area contributed by atoms with Gasteiger partial charge >= 0.3 is 0 Å². The molecule has 0 fully saturated rings. The van der Waals surface area contributed by atoms with Crippen LogP contribution >= 0.6 is 27.3 Å². The number of hydrogen-bond donors (Lipinski definition) is 1. The lowest BCUT2D eigenvalue weighted by Crippen LogP contribution is -2.21. The highest BCUT2D eigenvalue weighted by atomic mass is 79.9. The van der Waals surface area contributed by atoms with Crippen molar-refractivity contribution in [2.75, 3.05) is 6.54 Å². The lowest BCUT2D eigenvalue weighted by Gasteiger charge is -2.18. The number of ether oxygens (including phenoxy) is 1. The molecule has 3 rings (SSSR count). The van der Waals surface area contributed by atoms with E-state index in [1.165, 1.54) is 26.0 Å². The summed E-state index contributed by atoms with van der Waals surface area (Å²) in [4.78, 5) is 1.33. The first-order chi connectivity index (χ1) is 9.29. The van der Waals surface area contributed by atoms with Crippen molar-refractivity contribution < 1.29 is 4.74 Å². The third-order valence-electron chi connectivity index (χ3n) is 3.39. The lowest BCUT2D eigenvalue weighted by atomic mass is 10.00. The molecule has 0 amide bonds. The van der Waals surface area contributed by atoms with E-state index in [1.54, 1.807) is 11.3 Å². The zero-order valence-corrected chi connectivity index (χ0v) is 13.2. The number of thiophene rings is 1. The van der Waals surface area contributed by atoms with Gasteiger partial charge in [-0.1, -0.05) is 25.1 Å². The fourth-order valence-electron chi connectivity index (χ4n) is 2.45. The minimum atomic E-state index is 0.255. The minimum Gasteiger partial charge on any atom is -0.372 e. The van der Waals surface area contributed by atoms with Crippen molar-refractivity contribution in [3.8, 4) is 0 Å². The van der Waals surface area contributed by atoms with Gasteiger partial charge in [0, 0.05) is 9.35 Å². The molecule has 0 aliphatic carbocycles. The third kappa shape index (κ3) is 2.63. The quantitative estimate of drug-likeness (QED) is 0.900. The standard InChI is InChI=1S/C15H16BrNOS/c1-2-17-14(15-13(16)5-6-19-15)10-3-4-11-8-18-9-12(11)7-10/h3-7,14,17H,2,8-9H2,1H3. The summed E-state index contributed by atoms with van der Waals surface area (Å²) in [5, 5.41) is 5.70. The molecule has 1 aromatic heterocycles. The number of benzene rings is 1. The second-order valence-corrected chi connectivity index (χ2v) is 6.45. The van der Waals surface area contributed by atoms with Gasteiger partial charge in [-0.15, -0.1) is 11.3 Å². The molecule has 1 aliphatic heterocycles. The number of fused-ring (bicyclic) bond motifs is 1. The number of halogens is 1. The van der Waals surface area contributed by atoms with Gasteiger partial charge in [-0.3, -0.25) is 0 Å². The molecule has 0 saturated carbocycles. The van der Waals surface area contributed by atoms with Crippen molar-refractivity contribution in [2.24, 2.45) is 0 Å². The Hall–Kier alpha value is -0.680. The third-order valence-corrected chi connectivity index (χ3v) is 5.33. The number of hydrogen-bond acceptors (Lipinski definition) is 3. The van der Waals surface area contributed by atoms with Crippen LogP contribution in [0.25, 0.3) is 0 Å². The maximum Gasteiger partial charge on any atom is 0.0725 e. The van der Waals surface area contributed by atoms with Crippen LogP contribution in [-0.4, -0.2) is 6.54 Å². The highest BCUT2D eigenvalue weighted by Crippen LogP contribution is 2.34.